The summed E-state index contributed by atoms with van der Waals surface area (Å²) >= 11 is 0. The van der Waals surface area contributed by atoms with Gasteiger partial charge in [0.15, 0.2) is 0 Å². The van der Waals surface area contributed by atoms with E-state index < -0.39 is 0 Å². The zero-order valence-corrected chi connectivity index (χ0v) is 8.01. The van der Waals surface area contributed by atoms with Crippen molar-refractivity contribution in [3.05, 3.63) is 5.21 Å². The molecule has 1 aliphatic heterocycles. The van der Waals surface area contributed by atoms with Crippen LogP contribution in [0, 0.1) is 5.21 Å². The lowest BCUT2D eigenvalue weighted by atomic mass is 10.3. The van der Waals surface area contributed by atoms with Gasteiger partial charge in [-0.05, 0) is 6.42 Å². The van der Waals surface area contributed by atoms with Gasteiger partial charge in [-0.2, -0.15) is 0 Å². The fourth-order valence-electron chi connectivity index (χ4n) is 0.789. The van der Waals surface area contributed by atoms with Crippen molar-refractivity contribution in [2.45, 2.75) is 19.8 Å². The molecular weight excluding hydrogens is 190 g/mol. The number of carbonyl (C=O) groups is 1. The Morgan fingerprint density at radius 2 is 2.36 bits per heavy atom. The van der Waals surface area contributed by atoms with Gasteiger partial charge in [0.2, 0.25) is 5.28 Å². The standard InChI is InChI=1S/C7H13N3O4/c1-2-7(11)13-6-14-8-10(12)9-4-3-5-9/h2-6H2,1H3/b10-8-. The van der Waals surface area contributed by atoms with Gasteiger partial charge in [0.1, 0.15) is 0 Å². The van der Waals surface area contributed by atoms with Crippen molar-refractivity contribution in [3.8, 4) is 0 Å². The first-order valence-corrected chi connectivity index (χ1v) is 4.44. The highest BCUT2D eigenvalue weighted by atomic mass is 16.8. The van der Waals surface area contributed by atoms with Gasteiger partial charge < -0.3 is 14.8 Å². The molecule has 14 heavy (non-hydrogen) atoms. The van der Waals surface area contributed by atoms with E-state index in [0.29, 0.717) is 18.1 Å². The Hall–Kier alpha value is -1.53. The van der Waals surface area contributed by atoms with Crippen molar-refractivity contribution in [3.63, 3.8) is 0 Å². The molecule has 0 aromatic heterocycles. The molecule has 7 heteroatoms. The van der Waals surface area contributed by atoms with Crippen LogP contribution in [0.2, 0.25) is 0 Å². The third-order valence-corrected chi connectivity index (χ3v) is 1.76. The van der Waals surface area contributed by atoms with E-state index in [-0.39, 0.29) is 19.2 Å². The molecule has 1 saturated heterocycles. The predicted octanol–water partition coefficient (Wildman–Crippen LogP) is 0.412. The minimum atomic E-state index is -0.387. The molecule has 0 bridgehead atoms. The van der Waals surface area contributed by atoms with Crippen molar-refractivity contribution in [2.24, 2.45) is 5.28 Å². The average Bonchev–Trinajstić information content (AvgIpc) is 2.09. The van der Waals surface area contributed by atoms with Gasteiger partial charge in [-0.3, -0.25) is 4.79 Å². The van der Waals surface area contributed by atoms with Gasteiger partial charge in [-0.1, -0.05) is 6.92 Å². The van der Waals surface area contributed by atoms with Crippen LogP contribution in [0.1, 0.15) is 19.8 Å². The molecule has 0 aromatic rings. The van der Waals surface area contributed by atoms with Crippen LogP contribution >= 0.6 is 0 Å². The van der Waals surface area contributed by atoms with E-state index in [9.17, 15) is 10.0 Å². The lowest BCUT2D eigenvalue weighted by molar-refractivity contribution is -0.723. The summed E-state index contributed by atoms with van der Waals surface area (Å²) < 4.78 is 4.53. The van der Waals surface area contributed by atoms with E-state index in [2.05, 4.69) is 14.9 Å². The fourth-order valence-corrected chi connectivity index (χ4v) is 0.789. The van der Waals surface area contributed by atoms with Gasteiger partial charge in [0.05, 0.1) is 18.1 Å². The van der Waals surface area contributed by atoms with Crippen molar-refractivity contribution in [1.82, 2.24) is 5.01 Å². The van der Waals surface area contributed by atoms with Crippen LogP contribution in [0.4, 0.5) is 0 Å². The zero-order chi connectivity index (χ0) is 10.4. The van der Waals surface area contributed by atoms with E-state index in [0.717, 1.165) is 6.42 Å². The minimum Gasteiger partial charge on any atom is -0.569 e. The maximum atomic E-state index is 10.9. The lowest BCUT2D eigenvalue weighted by Crippen LogP contribution is -2.42. The molecule has 80 valence electrons. The number of hydrogen-bond donors (Lipinski definition) is 0. The van der Waals surface area contributed by atoms with E-state index in [1.54, 1.807) is 6.92 Å². The minimum absolute atomic E-state index is 0.274. The number of nitrogens with zero attached hydrogens (tertiary/aromatic N) is 3. The van der Waals surface area contributed by atoms with Gasteiger partial charge in [0, 0.05) is 6.42 Å². The van der Waals surface area contributed by atoms with Crippen LogP contribution in [-0.4, -0.2) is 35.8 Å². The summed E-state index contributed by atoms with van der Waals surface area (Å²) in [6.07, 6.45) is 1.26. The van der Waals surface area contributed by atoms with E-state index in [4.69, 9.17) is 0 Å². The maximum Gasteiger partial charge on any atom is 0.308 e. The number of rotatable bonds is 5. The summed E-state index contributed by atoms with van der Waals surface area (Å²) in [5, 5.41) is 15.6. The molecule has 1 fully saturated rings. The van der Waals surface area contributed by atoms with E-state index >= 15 is 0 Å². The first-order valence-electron chi connectivity index (χ1n) is 4.44. The van der Waals surface area contributed by atoms with Crippen LogP contribution in [0.3, 0.4) is 0 Å². The number of hydrogen-bond acceptors (Lipinski definition) is 5. The van der Waals surface area contributed by atoms with Crippen LogP contribution in [0.25, 0.3) is 0 Å². The molecule has 0 aromatic carbocycles. The third kappa shape index (κ3) is 3.08. The SMILES string of the molecule is CCC(=O)OCO/N=[N+](\[O-])N1CCC1. The first-order chi connectivity index (χ1) is 6.74. The van der Waals surface area contributed by atoms with Crippen LogP contribution in [0.15, 0.2) is 5.28 Å². The van der Waals surface area contributed by atoms with Gasteiger partial charge >= 0.3 is 5.97 Å². The highest BCUT2D eigenvalue weighted by Crippen LogP contribution is 2.05. The molecule has 0 amide bonds. The Labute approximate surface area is 81.4 Å². The first kappa shape index (κ1) is 10.6. The molecule has 0 unspecified atom stereocenters. The summed E-state index contributed by atoms with van der Waals surface area (Å²) in [5.41, 5.74) is 0. The molecule has 1 rings (SSSR count). The largest absolute Gasteiger partial charge is 0.569 e. The zero-order valence-electron chi connectivity index (χ0n) is 8.01. The second-order valence-electron chi connectivity index (χ2n) is 2.76. The number of carbonyl (C=O) groups excluding carboxylic acids is 1. The summed E-state index contributed by atoms with van der Waals surface area (Å²) in [6, 6.07) is 0. The molecule has 0 N–H and O–H groups in total. The van der Waals surface area contributed by atoms with Gasteiger partial charge in [0.25, 0.3) is 6.79 Å². The van der Waals surface area contributed by atoms with E-state index in [1.807, 2.05) is 0 Å². The Morgan fingerprint density at radius 3 is 2.86 bits per heavy atom. The monoisotopic (exact) mass is 203 g/mol. The highest BCUT2D eigenvalue weighted by Gasteiger charge is 2.21. The van der Waals surface area contributed by atoms with Crippen molar-refractivity contribution < 1.29 is 19.3 Å². The molecule has 0 atom stereocenters. The molecule has 1 heterocycles. The molecule has 0 saturated carbocycles. The smallest absolute Gasteiger partial charge is 0.308 e. The topological polar surface area (TPSA) is 77.2 Å². The summed E-state index contributed by atoms with van der Waals surface area (Å²) in [6.45, 7) is 2.72. The normalized spacial score (nSPS) is 16.1. The number of esters is 1. The van der Waals surface area contributed by atoms with Crippen molar-refractivity contribution >= 4 is 5.97 Å². The van der Waals surface area contributed by atoms with Gasteiger partial charge in [-0.15, -0.1) is 5.01 Å². The summed E-state index contributed by atoms with van der Waals surface area (Å²) in [4.78, 5) is 15.5. The Kier molecular flexibility index (Phi) is 3.96. The lowest BCUT2D eigenvalue weighted by Gasteiger charge is -2.24. The number of hydrazine groups is 1. The van der Waals surface area contributed by atoms with Gasteiger partial charge in [-0.25, -0.2) is 0 Å². The summed E-state index contributed by atoms with van der Waals surface area (Å²) in [5.74, 6) is -0.387. The van der Waals surface area contributed by atoms with Crippen LogP contribution < -0.4 is 0 Å². The Morgan fingerprint density at radius 1 is 1.64 bits per heavy atom. The van der Waals surface area contributed by atoms with Crippen molar-refractivity contribution in [2.75, 3.05) is 19.9 Å². The average molecular weight is 203 g/mol. The second kappa shape index (κ2) is 5.25. The molecule has 0 spiro atoms. The predicted molar refractivity (Wildman–Crippen MR) is 44.6 cm³/mol. The Balaban J connectivity index is 2.09. The highest BCUT2D eigenvalue weighted by molar-refractivity contribution is 5.68. The molecule has 0 radical (unpaired) electrons. The van der Waals surface area contributed by atoms with E-state index in [1.165, 1.54) is 5.01 Å². The van der Waals surface area contributed by atoms with Crippen molar-refractivity contribution in [1.29, 1.82) is 0 Å². The Bertz CT molecular complexity index is 227. The maximum absolute atomic E-state index is 10.9. The quantitative estimate of drug-likeness (QED) is 0.161. The van der Waals surface area contributed by atoms with Crippen LogP contribution in [-0.2, 0) is 14.4 Å². The number of ether oxygens (including phenoxy) is 1. The molecule has 7 nitrogen and oxygen atoms in total. The molecule has 1 aliphatic rings. The molecule has 0 aliphatic carbocycles. The second-order valence-corrected chi connectivity index (χ2v) is 2.76. The van der Waals surface area contributed by atoms with Crippen LogP contribution in [0.5, 0.6) is 0 Å². The summed E-state index contributed by atoms with van der Waals surface area (Å²) in [7, 11) is 0. The molecular formula is C7H13N3O4. The fraction of sp³-hybridized carbons (Fsp3) is 0.857. The third-order valence-electron chi connectivity index (χ3n) is 1.76.